The van der Waals surface area contributed by atoms with Crippen molar-refractivity contribution in [3.8, 4) is 6.07 Å². The molecule has 1 saturated heterocycles. The number of amides is 2. The average Bonchev–Trinajstić information content (AvgIpc) is 2.49. The second-order valence-electron chi connectivity index (χ2n) is 5.12. The van der Waals surface area contributed by atoms with E-state index in [4.69, 9.17) is 5.26 Å². The first-order chi connectivity index (χ1) is 9.60. The van der Waals surface area contributed by atoms with E-state index in [1.807, 2.05) is 38.1 Å². The molecule has 1 aromatic carbocycles. The monoisotopic (exact) mass is 272 g/mol. The number of nitrogens with zero attached hydrogens (tertiary/aromatic N) is 3. The molecule has 1 aliphatic rings. The Kier molecular flexibility index (Phi) is 4.59. The molecule has 106 valence electrons. The maximum absolute atomic E-state index is 12.1. The summed E-state index contributed by atoms with van der Waals surface area (Å²) in [6.07, 6.45) is 0. The Bertz CT molecular complexity index is 498. The van der Waals surface area contributed by atoms with E-state index >= 15 is 0 Å². The van der Waals surface area contributed by atoms with Gasteiger partial charge in [0.15, 0.2) is 0 Å². The van der Waals surface area contributed by atoms with Crippen LogP contribution in [0.1, 0.15) is 12.5 Å². The largest absolute Gasteiger partial charge is 0.322 e. The van der Waals surface area contributed by atoms with E-state index in [0.29, 0.717) is 13.1 Å². The van der Waals surface area contributed by atoms with Crippen LogP contribution in [0, 0.1) is 18.3 Å². The Hall–Kier alpha value is -2.06. The topological polar surface area (TPSA) is 59.4 Å². The summed E-state index contributed by atoms with van der Waals surface area (Å²) < 4.78 is 0. The van der Waals surface area contributed by atoms with E-state index in [2.05, 4.69) is 16.3 Å². The number of benzene rings is 1. The van der Waals surface area contributed by atoms with Crippen molar-refractivity contribution >= 4 is 11.7 Å². The molecule has 1 heterocycles. The van der Waals surface area contributed by atoms with Crippen molar-refractivity contribution in [3.63, 3.8) is 0 Å². The molecule has 1 atom stereocenters. The van der Waals surface area contributed by atoms with Crippen LogP contribution in [0.5, 0.6) is 0 Å². The van der Waals surface area contributed by atoms with Crippen LogP contribution in [0.2, 0.25) is 0 Å². The van der Waals surface area contributed by atoms with Gasteiger partial charge in [0.2, 0.25) is 0 Å². The van der Waals surface area contributed by atoms with Gasteiger partial charge in [0.05, 0.1) is 12.1 Å². The highest BCUT2D eigenvalue weighted by Gasteiger charge is 2.23. The number of rotatable bonds is 2. The third-order valence-corrected chi connectivity index (χ3v) is 3.64. The van der Waals surface area contributed by atoms with E-state index < -0.39 is 0 Å². The molecule has 1 aromatic rings. The molecule has 0 saturated carbocycles. The second kappa shape index (κ2) is 6.40. The van der Waals surface area contributed by atoms with Gasteiger partial charge in [0, 0.05) is 31.9 Å². The number of nitrogens with one attached hydrogen (secondary N) is 1. The van der Waals surface area contributed by atoms with Crippen molar-refractivity contribution < 1.29 is 4.79 Å². The highest BCUT2D eigenvalue weighted by molar-refractivity contribution is 5.89. The summed E-state index contributed by atoms with van der Waals surface area (Å²) in [4.78, 5) is 16.0. The number of carbonyl (C=O) groups excluding carboxylic acids is 1. The maximum atomic E-state index is 12.1. The van der Waals surface area contributed by atoms with E-state index in [0.717, 1.165) is 18.8 Å². The van der Waals surface area contributed by atoms with Crippen LogP contribution in [0.15, 0.2) is 24.3 Å². The molecule has 1 aliphatic heterocycles. The average molecular weight is 272 g/mol. The highest BCUT2D eigenvalue weighted by Crippen LogP contribution is 2.11. The molecule has 20 heavy (non-hydrogen) atoms. The first-order valence-corrected chi connectivity index (χ1v) is 6.86. The van der Waals surface area contributed by atoms with Gasteiger partial charge in [0.25, 0.3) is 0 Å². The normalized spacial score (nSPS) is 17.4. The zero-order valence-electron chi connectivity index (χ0n) is 12.0. The van der Waals surface area contributed by atoms with E-state index in [1.165, 1.54) is 5.56 Å². The minimum absolute atomic E-state index is 0.0712. The molecule has 0 bridgehead atoms. The van der Waals surface area contributed by atoms with Crippen molar-refractivity contribution in [2.75, 3.05) is 31.5 Å². The molecular weight excluding hydrogens is 252 g/mol. The van der Waals surface area contributed by atoms with E-state index in [1.54, 1.807) is 4.90 Å². The molecule has 2 amide bonds. The van der Waals surface area contributed by atoms with E-state index in [9.17, 15) is 4.79 Å². The minimum atomic E-state index is -0.0858. The number of hydrogen-bond acceptors (Lipinski definition) is 3. The van der Waals surface area contributed by atoms with Crippen molar-refractivity contribution in [2.45, 2.75) is 19.9 Å². The van der Waals surface area contributed by atoms with Crippen molar-refractivity contribution in [1.82, 2.24) is 9.80 Å². The molecule has 5 heteroatoms. The van der Waals surface area contributed by atoms with Gasteiger partial charge in [-0.25, -0.2) is 4.79 Å². The predicted octanol–water partition coefficient (Wildman–Crippen LogP) is 2.06. The third kappa shape index (κ3) is 3.49. The van der Waals surface area contributed by atoms with Gasteiger partial charge in [-0.1, -0.05) is 17.7 Å². The molecule has 0 radical (unpaired) electrons. The van der Waals surface area contributed by atoms with Crippen LogP contribution in [-0.4, -0.2) is 48.1 Å². The van der Waals surface area contributed by atoms with Gasteiger partial charge in [-0.15, -0.1) is 0 Å². The number of urea groups is 1. The number of aryl methyl sites for hydroxylation is 1. The fraction of sp³-hybridized carbons (Fsp3) is 0.467. The number of piperazine rings is 1. The van der Waals surface area contributed by atoms with Crippen molar-refractivity contribution in [3.05, 3.63) is 29.8 Å². The summed E-state index contributed by atoms with van der Waals surface area (Å²) >= 11 is 0. The fourth-order valence-electron chi connectivity index (χ4n) is 2.23. The predicted molar refractivity (Wildman–Crippen MR) is 78.4 cm³/mol. The Morgan fingerprint density at radius 3 is 2.40 bits per heavy atom. The summed E-state index contributed by atoms with van der Waals surface area (Å²) in [7, 11) is 0. The standard InChI is InChI=1S/C15H20N4O/c1-12-3-5-14(6-4-12)17-15(20)19-9-7-18(8-10-19)13(2)11-16/h3-6,13H,7-10H2,1-2H3,(H,17,20). The lowest BCUT2D eigenvalue weighted by atomic mass is 10.2. The molecule has 0 spiro atoms. The SMILES string of the molecule is Cc1ccc(NC(=O)N2CCN(C(C)C#N)CC2)cc1. The molecule has 0 aliphatic carbocycles. The van der Waals surface area contributed by atoms with Crippen LogP contribution in [0.4, 0.5) is 10.5 Å². The van der Waals surface area contributed by atoms with Crippen LogP contribution in [-0.2, 0) is 0 Å². The fourth-order valence-corrected chi connectivity index (χ4v) is 2.23. The number of carbonyl (C=O) groups is 1. The Morgan fingerprint density at radius 1 is 1.25 bits per heavy atom. The first-order valence-electron chi connectivity index (χ1n) is 6.86. The molecule has 2 rings (SSSR count). The van der Waals surface area contributed by atoms with Crippen LogP contribution in [0.25, 0.3) is 0 Å². The quantitative estimate of drug-likeness (QED) is 0.896. The molecule has 0 aromatic heterocycles. The molecule has 1 N–H and O–H groups in total. The Balaban J connectivity index is 1.86. The van der Waals surface area contributed by atoms with E-state index in [-0.39, 0.29) is 12.1 Å². The smallest absolute Gasteiger partial charge is 0.321 e. The summed E-state index contributed by atoms with van der Waals surface area (Å²) in [5, 5.41) is 11.8. The van der Waals surface area contributed by atoms with Crippen LogP contribution >= 0.6 is 0 Å². The van der Waals surface area contributed by atoms with Gasteiger partial charge < -0.3 is 10.2 Å². The van der Waals surface area contributed by atoms with Gasteiger partial charge in [0.1, 0.15) is 0 Å². The molecule has 1 unspecified atom stereocenters. The van der Waals surface area contributed by atoms with Crippen LogP contribution < -0.4 is 5.32 Å². The summed E-state index contributed by atoms with van der Waals surface area (Å²) in [5.74, 6) is 0. The molecule has 5 nitrogen and oxygen atoms in total. The third-order valence-electron chi connectivity index (χ3n) is 3.64. The number of hydrogen-bond donors (Lipinski definition) is 1. The van der Waals surface area contributed by atoms with Gasteiger partial charge >= 0.3 is 6.03 Å². The lowest BCUT2D eigenvalue weighted by Gasteiger charge is -2.35. The minimum Gasteiger partial charge on any atom is -0.322 e. The summed E-state index contributed by atoms with van der Waals surface area (Å²) in [6.45, 7) is 6.71. The maximum Gasteiger partial charge on any atom is 0.321 e. The zero-order valence-corrected chi connectivity index (χ0v) is 12.0. The number of anilines is 1. The van der Waals surface area contributed by atoms with Crippen molar-refractivity contribution in [1.29, 1.82) is 5.26 Å². The lowest BCUT2D eigenvalue weighted by molar-refractivity contribution is 0.135. The highest BCUT2D eigenvalue weighted by atomic mass is 16.2. The Morgan fingerprint density at radius 2 is 1.85 bits per heavy atom. The van der Waals surface area contributed by atoms with Gasteiger partial charge in [-0.05, 0) is 26.0 Å². The number of nitriles is 1. The second-order valence-corrected chi connectivity index (χ2v) is 5.12. The zero-order chi connectivity index (χ0) is 14.5. The summed E-state index contributed by atoms with van der Waals surface area (Å²) in [5.41, 5.74) is 1.98. The van der Waals surface area contributed by atoms with Crippen molar-refractivity contribution in [2.24, 2.45) is 0 Å². The first kappa shape index (κ1) is 14.4. The van der Waals surface area contributed by atoms with Gasteiger partial charge in [-0.3, -0.25) is 4.90 Å². The van der Waals surface area contributed by atoms with Crippen LogP contribution in [0.3, 0.4) is 0 Å². The Labute approximate surface area is 119 Å². The molecule has 1 fully saturated rings. The summed E-state index contributed by atoms with van der Waals surface area (Å²) in [6, 6.07) is 9.83. The lowest BCUT2D eigenvalue weighted by Crippen LogP contribution is -2.52. The molecular formula is C15H20N4O. The van der Waals surface area contributed by atoms with Gasteiger partial charge in [-0.2, -0.15) is 5.26 Å².